The van der Waals surface area contributed by atoms with E-state index in [2.05, 4.69) is 15.3 Å². The maximum Gasteiger partial charge on any atom is 0.244 e. The van der Waals surface area contributed by atoms with E-state index in [4.69, 9.17) is 0 Å². The molecule has 0 fully saturated rings. The molecule has 2 aromatic heterocycles. The molecule has 2 N–H and O–H groups in total. The number of benzene rings is 1. The summed E-state index contributed by atoms with van der Waals surface area (Å²) in [6.45, 7) is 6.34. The first-order chi connectivity index (χ1) is 12.5. The normalized spacial score (nSPS) is 11.4. The number of hydrogen-bond donors (Lipinski definition) is 2. The summed E-state index contributed by atoms with van der Waals surface area (Å²) in [5.41, 5.74) is 5.35. The highest BCUT2D eigenvalue weighted by Gasteiger charge is 2.13. The van der Waals surface area contributed by atoms with Crippen LogP contribution in [0.1, 0.15) is 28.1 Å². The van der Waals surface area contributed by atoms with Gasteiger partial charge in [-0.2, -0.15) is 0 Å². The number of H-pyrrole nitrogens is 1. The fourth-order valence-electron chi connectivity index (χ4n) is 3.06. The average Bonchev–Trinajstić information content (AvgIpc) is 2.96. The summed E-state index contributed by atoms with van der Waals surface area (Å²) in [7, 11) is 0. The highest BCUT2D eigenvalue weighted by molar-refractivity contribution is 5.91. The molecule has 0 saturated heterocycles. The summed E-state index contributed by atoms with van der Waals surface area (Å²) >= 11 is 0. The number of carbonyl (C=O) groups is 1. The van der Waals surface area contributed by atoms with Gasteiger partial charge in [-0.25, -0.2) is 4.39 Å². The first-order valence-corrected chi connectivity index (χ1v) is 8.60. The second kappa shape index (κ2) is 7.52. The predicted molar refractivity (Wildman–Crippen MR) is 102 cm³/mol. The molecule has 134 valence electrons. The maximum absolute atomic E-state index is 14.0. The molecule has 0 aliphatic rings. The molecule has 26 heavy (non-hydrogen) atoms. The zero-order valence-electron chi connectivity index (χ0n) is 15.2. The third-order valence-corrected chi connectivity index (χ3v) is 4.44. The second-order valence-electron chi connectivity index (χ2n) is 6.48. The molecule has 0 aliphatic heterocycles. The number of aryl methyl sites for hydroxylation is 3. The molecule has 3 rings (SSSR count). The van der Waals surface area contributed by atoms with Crippen molar-refractivity contribution in [2.24, 2.45) is 0 Å². The van der Waals surface area contributed by atoms with Crippen molar-refractivity contribution in [2.75, 3.05) is 6.54 Å². The molecular weight excluding hydrogens is 329 g/mol. The van der Waals surface area contributed by atoms with Crippen LogP contribution in [0.5, 0.6) is 0 Å². The summed E-state index contributed by atoms with van der Waals surface area (Å²) in [6, 6.07) is 7.07. The second-order valence-corrected chi connectivity index (χ2v) is 6.48. The molecule has 5 heteroatoms. The van der Waals surface area contributed by atoms with Gasteiger partial charge in [-0.3, -0.25) is 9.78 Å². The van der Waals surface area contributed by atoms with Crippen molar-refractivity contribution in [1.29, 1.82) is 0 Å². The van der Waals surface area contributed by atoms with Crippen LogP contribution in [0, 0.1) is 26.6 Å². The van der Waals surface area contributed by atoms with Crippen LogP contribution in [-0.2, 0) is 11.2 Å². The van der Waals surface area contributed by atoms with Crippen molar-refractivity contribution >= 4 is 22.9 Å². The van der Waals surface area contributed by atoms with E-state index in [0.29, 0.717) is 18.5 Å². The zero-order chi connectivity index (χ0) is 18.7. The lowest BCUT2D eigenvalue weighted by molar-refractivity contribution is -0.116. The number of carbonyl (C=O) groups excluding carboxylic acids is 1. The van der Waals surface area contributed by atoms with Gasteiger partial charge in [0.15, 0.2) is 0 Å². The number of amides is 1. The van der Waals surface area contributed by atoms with Crippen molar-refractivity contribution in [2.45, 2.75) is 27.2 Å². The topological polar surface area (TPSA) is 57.8 Å². The monoisotopic (exact) mass is 351 g/mol. The molecule has 2 heterocycles. The number of halogens is 1. The van der Waals surface area contributed by atoms with Crippen molar-refractivity contribution in [1.82, 2.24) is 15.3 Å². The molecule has 4 nitrogen and oxygen atoms in total. The van der Waals surface area contributed by atoms with E-state index in [-0.39, 0.29) is 11.7 Å². The van der Waals surface area contributed by atoms with Gasteiger partial charge in [-0.05, 0) is 62.1 Å². The number of fused-ring (bicyclic) bond motifs is 1. The largest absolute Gasteiger partial charge is 0.356 e. The molecule has 1 aromatic carbocycles. The van der Waals surface area contributed by atoms with E-state index in [1.54, 1.807) is 18.3 Å². The zero-order valence-corrected chi connectivity index (χ0v) is 15.2. The Hall–Kier alpha value is -2.95. The van der Waals surface area contributed by atoms with Gasteiger partial charge in [0.2, 0.25) is 5.91 Å². The van der Waals surface area contributed by atoms with Crippen LogP contribution in [0.25, 0.3) is 17.0 Å². The molecule has 0 aliphatic carbocycles. The number of nitrogens with zero attached hydrogens (tertiary/aromatic N) is 1. The van der Waals surface area contributed by atoms with Crippen LogP contribution >= 0.6 is 0 Å². The van der Waals surface area contributed by atoms with Crippen LogP contribution in [0.2, 0.25) is 0 Å². The van der Waals surface area contributed by atoms with Gasteiger partial charge in [0.1, 0.15) is 5.82 Å². The van der Waals surface area contributed by atoms with Crippen LogP contribution in [0.15, 0.2) is 36.5 Å². The van der Waals surface area contributed by atoms with Crippen LogP contribution in [0.3, 0.4) is 0 Å². The lowest BCUT2D eigenvalue weighted by Crippen LogP contribution is -2.23. The van der Waals surface area contributed by atoms with Gasteiger partial charge in [0.25, 0.3) is 0 Å². The molecule has 0 spiro atoms. The first kappa shape index (κ1) is 17.9. The minimum Gasteiger partial charge on any atom is -0.356 e. The maximum atomic E-state index is 14.0. The summed E-state index contributed by atoms with van der Waals surface area (Å²) in [6.07, 6.45) is 5.56. The number of rotatable bonds is 5. The Kier molecular flexibility index (Phi) is 5.16. The molecule has 0 radical (unpaired) electrons. The Balaban J connectivity index is 1.64. The van der Waals surface area contributed by atoms with E-state index in [9.17, 15) is 9.18 Å². The molecule has 0 bridgehead atoms. The predicted octanol–water partition coefficient (Wildman–Crippen LogP) is 4.00. The smallest absolute Gasteiger partial charge is 0.244 e. The quantitative estimate of drug-likeness (QED) is 0.683. The van der Waals surface area contributed by atoms with Crippen LogP contribution in [0.4, 0.5) is 4.39 Å². The molecule has 1 amide bonds. The lowest BCUT2D eigenvalue weighted by Gasteiger charge is -2.05. The van der Waals surface area contributed by atoms with Gasteiger partial charge in [-0.15, -0.1) is 0 Å². The Labute approximate surface area is 152 Å². The van der Waals surface area contributed by atoms with Gasteiger partial charge < -0.3 is 10.3 Å². The molecular formula is C21H22FN3O. The van der Waals surface area contributed by atoms with Crippen molar-refractivity contribution in [3.63, 3.8) is 0 Å². The van der Waals surface area contributed by atoms with Crippen LogP contribution < -0.4 is 5.32 Å². The highest BCUT2D eigenvalue weighted by Crippen LogP contribution is 2.27. The van der Waals surface area contributed by atoms with E-state index < -0.39 is 0 Å². The van der Waals surface area contributed by atoms with Crippen molar-refractivity contribution in [3.8, 4) is 0 Å². The fraction of sp³-hybridized carbons (Fsp3) is 0.238. The SMILES string of the molecule is Cc1ccc(/C=C/C(=O)NCCc2c(C)[nH]c3c(F)ccc(C)c23)nc1. The number of aromatic amines is 1. The summed E-state index contributed by atoms with van der Waals surface area (Å²) in [5, 5.41) is 3.78. The molecule has 0 saturated carbocycles. The van der Waals surface area contributed by atoms with Gasteiger partial charge in [-0.1, -0.05) is 12.1 Å². The Morgan fingerprint density at radius 2 is 2.04 bits per heavy atom. The lowest BCUT2D eigenvalue weighted by atomic mass is 10.0. The van der Waals surface area contributed by atoms with E-state index in [1.807, 2.05) is 32.9 Å². The Bertz CT molecular complexity index is 971. The van der Waals surface area contributed by atoms with Gasteiger partial charge >= 0.3 is 0 Å². The van der Waals surface area contributed by atoms with E-state index >= 15 is 0 Å². The number of nitrogens with one attached hydrogen (secondary N) is 2. The van der Waals surface area contributed by atoms with Crippen molar-refractivity contribution in [3.05, 3.63) is 70.4 Å². The average molecular weight is 351 g/mol. The van der Waals surface area contributed by atoms with Crippen molar-refractivity contribution < 1.29 is 9.18 Å². The molecule has 0 atom stereocenters. The fourth-order valence-corrected chi connectivity index (χ4v) is 3.06. The van der Waals surface area contributed by atoms with E-state index in [0.717, 1.165) is 33.5 Å². The minimum atomic E-state index is -0.252. The number of hydrogen-bond acceptors (Lipinski definition) is 2. The number of pyridine rings is 1. The summed E-state index contributed by atoms with van der Waals surface area (Å²) in [4.78, 5) is 19.3. The van der Waals surface area contributed by atoms with Crippen LogP contribution in [-0.4, -0.2) is 22.4 Å². The summed E-state index contributed by atoms with van der Waals surface area (Å²) in [5.74, 6) is -0.426. The highest BCUT2D eigenvalue weighted by atomic mass is 19.1. The third-order valence-electron chi connectivity index (χ3n) is 4.44. The summed E-state index contributed by atoms with van der Waals surface area (Å²) < 4.78 is 14.0. The van der Waals surface area contributed by atoms with Gasteiger partial charge in [0.05, 0.1) is 11.2 Å². The first-order valence-electron chi connectivity index (χ1n) is 8.60. The number of aromatic nitrogens is 2. The third kappa shape index (κ3) is 3.82. The minimum absolute atomic E-state index is 0.173. The Morgan fingerprint density at radius 1 is 1.23 bits per heavy atom. The standard InChI is InChI=1S/C21H22FN3O/c1-13-4-6-16(24-12-13)7-9-19(26)23-11-10-17-15(3)25-21-18(22)8-5-14(2)20(17)21/h4-9,12,25H,10-11H2,1-3H3,(H,23,26)/b9-7+. The van der Waals surface area contributed by atoms with Gasteiger partial charge in [0, 0.05) is 29.9 Å². The Morgan fingerprint density at radius 3 is 2.77 bits per heavy atom. The van der Waals surface area contributed by atoms with E-state index in [1.165, 1.54) is 12.1 Å². The molecule has 0 unspecified atom stereocenters. The molecule has 3 aromatic rings.